The second-order valence-corrected chi connectivity index (χ2v) is 3.13. The highest BCUT2D eigenvalue weighted by molar-refractivity contribution is 5.80. The summed E-state index contributed by atoms with van der Waals surface area (Å²) in [5.41, 5.74) is 0. The molecule has 0 spiro atoms. The van der Waals surface area contributed by atoms with E-state index in [0.29, 0.717) is 5.96 Å². The zero-order valence-corrected chi connectivity index (χ0v) is 9.19. The van der Waals surface area contributed by atoms with Gasteiger partial charge in [-0.2, -0.15) is 10.4 Å². The van der Waals surface area contributed by atoms with Gasteiger partial charge in [0.1, 0.15) is 12.2 Å². The Bertz CT molecular complexity index is 348. The molecule has 0 atom stereocenters. The molecule has 0 fully saturated rings. The number of guanidine groups is 1. The maximum absolute atomic E-state index is 8.39. The van der Waals surface area contributed by atoms with E-state index in [1.807, 2.05) is 6.19 Å². The first-order chi connectivity index (χ1) is 7.86. The van der Waals surface area contributed by atoms with Crippen molar-refractivity contribution in [3.8, 4) is 6.19 Å². The number of aliphatic imine (C=N–C) groups is 1. The van der Waals surface area contributed by atoms with Gasteiger partial charge in [-0.1, -0.05) is 0 Å². The van der Waals surface area contributed by atoms with E-state index >= 15 is 0 Å². The molecule has 0 aliphatic heterocycles. The largest absolute Gasteiger partial charge is 0.356 e. The Morgan fingerprint density at radius 3 is 3.12 bits per heavy atom. The second-order valence-electron chi connectivity index (χ2n) is 3.13. The zero-order chi connectivity index (χ0) is 11.6. The fourth-order valence-corrected chi connectivity index (χ4v) is 1.21. The number of aryl methyl sites for hydroxylation is 1. The van der Waals surface area contributed by atoms with E-state index in [4.69, 9.17) is 5.26 Å². The van der Waals surface area contributed by atoms with E-state index in [9.17, 15) is 0 Å². The molecule has 0 bridgehead atoms. The SMILES string of the molecule is CN=C(NC#N)NCCCCc1ncn[nH]1. The Morgan fingerprint density at radius 2 is 2.50 bits per heavy atom. The fourth-order valence-electron chi connectivity index (χ4n) is 1.21. The van der Waals surface area contributed by atoms with Crippen molar-refractivity contribution in [2.75, 3.05) is 13.6 Å². The van der Waals surface area contributed by atoms with Crippen LogP contribution < -0.4 is 10.6 Å². The smallest absolute Gasteiger partial charge is 0.204 e. The monoisotopic (exact) mass is 221 g/mol. The van der Waals surface area contributed by atoms with Crippen LogP contribution in [0.2, 0.25) is 0 Å². The molecule has 0 saturated carbocycles. The molecule has 1 aromatic heterocycles. The van der Waals surface area contributed by atoms with E-state index in [1.165, 1.54) is 6.33 Å². The maximum atomic E-state index is 8.39. The van der Waals surface area contributed by atoms with Crippen LogP contribution in [0.1, 0.15) is 18.7 Å². The standard InChI is InChI=1S/C9H15N7/c1-11-9(13-6-10)12-5-3-2-4-8-14-7-15-16-8/h7H,2-5H2,1H3,(H2,11,12,13)(H,14,15,16). The van der Waals surface area contributed by atoms with Gasteiger partial charge in [-0.15, -0.1) is 0 Å². The molecule has 7 heteroatoms. The summed E-state index contributed by atoms with van der Waals surface area (Å²) in [6.45, 7) is 0.773. The van der Waals surface area contributed by atoms with Gasteiger partial charge in [0, 0.05) is 20.0 Å². The van der Waals surface area contributed by atoms with Crippen molar-refractivity contribution in [3.63, 3.8) is 0 Å². The Labute approximate surface area is 94.0 Å². The third-order valence-electron chi connectivity index (χ3n) is 2.00. The van der Waals surface area contributed by atoms with Crippen LogP contribution in [0.3, 0.4) is 0 Å². The van der Waals surface area contributed by atoms with Crippen LogP contribution >= 0.6 is 0 Å². The molecule has 0 saturated heterocycles. The molecule has 0 amide bonds. The van der Waals surface area contributed by atoms with E-state index in [2.05, 4.69) is 30.8 Å². The minimum atomic E-state index is 0.502. The predicted molar refractivity (Wildman–Crippen MR) is 59.4 cm³/mol. The number of aromatic amines is 1. The van der Waals surface area contributed by atoms with Crippen LogP contribution in [0, 0.1) is 11.5 Å². The van der Waals surface area contributed by atoms with Gasteiger partial charge in [-0.3, -0.25) is 15.4 Å². The first-order valence-corrected chi connectivity index (χ1v) is 5.07. The molecule has 7 nitrogen and oxygen atoms in total. The Balaban J connectivity index is 2.06. The first kappa shape index (κ1) is 12.0. The van der Waals surface area contributed by atoms with Crippen LogP contribution in [-0.4, -0.2) is 34.7 Å². The number of hydrogen-bond donors (Lipinski definition) is 3. The third-order valence-corrected chi connectivity index (χ3v) is 2.00. The molecule has 0 radical (unpaired) electrons. The van der Waals surface area contributed by atoms with E-state index in [-0.39, 0.29) is 0 Å². The number of nitriles is 1. The summed E-state index contributed by atoms with van der Waals surface area (Å²) in [5, 5.41) is 20.4. The van der Waals surface area contributed by atoms with Gasteiger partial charge in [0.15, 0.2) is 6.19 Å². The molecular formula is C9H15N7. The molecule has 0 aromatic carbocycles. The van der Waals surface area contributed by atoms with Crippen molar-refractivity contribution in [1.29, 1.82) is 5.26 Å². The molecule has 86 valence electrons. The number of hydrogen-bond acceptors (Lipinski definition) is 4. The summed E-state index contributed by atoms with van der Waals surface area (Å²) in [6.07, 6.45) is 6.19. The van der Waals surface area contributed by atoms with Crippen LogP contribution in [0.4, 0.5) is 0 Å². The quantitative estimate of drug-likeness (QED) is 0.210. The lowest BCUT2D eigenvalue weighted by Gasteiger charge is -2.05. The summed E-state index contributed by atoms with van der Waals surface area (Å²) in [4.78, 5) is 7.90. The van der Waals surface area contributed by atoms with Crippen LogP contribution in [0.25, 0.3) is 0 Å². The summed E-state index contributed by atoms with van der Waals surface area (Å²) in [5.74, 6) is 1.40. The molecule has 1 rings (SSSR count). The van der Waals surface area contributed by atoms with Gasteiger partial charge in [0.05, 0.1) is 0 Å². The normalized spacial score (nSPS) is 10.9. The van der Waals surface area contributed by atoms with Crippen molar-refractivity contribution in [1.82, 2.24) is 25.8 Å². The highest BCUT2D eigenvalue weighted by Gasteiger charge is 1.97. The van der Waals surface area contributed by atoms with E-state index < -0.39 is 0 Å². The number of nitrogens with zero attached hydrogens (tertiary/aromatic N) is 4. The summed E-state index contributed by atoms with van der Waals surface area (Å²) < 4.78 is 0. The molecule has 0 aliphatic carbocycles. The average Bonchev–Trinajstić information content (AvgIpc) is 2.80. The lowest BCUT2D eigenvalue weighted by molar-refractivity contribution is 0.685. The molecular weight excluding hydrogens is 206 g/mol. The number of rotatable bonds is 5. The summed E-state index contributed by atoms with van der Waals surface area (Å²) in [7, 11) is 1.63. The lowest BCUT2D eigenvalue weighted by Crippen LogP contribution is -2.34. The summed E-state index contributed by atoms with van der Waals surface area (Å²) in [6, 6.07) is 0. The number of nitrogens with one attached hydrogen (secondary N) is 3. The lowest BCUT2D eigenvalue weighted by atomic mass is 10.2. The molecule has 0 unspecified atom stereocenters. The number of aromatic nitrogens is 3. The molecule has 1 heterocycles. The minimum Gasteiger partial charge on any atom is -0.356 e. The summed E-state index contributed by atoms with van der Waals surface area (Å²) >= 11 is 0. The molecule has 0 aliphatic rings. The zero-order valence-electron chi connectivity index (χ0n) is 9.19. The number of unbranched alkanes of at least 4 members (excludes halogenated alkanes) is 1. The minimum absolute atomic E-state index is 0.502. The Hall–Kier alpha value is -2.10. The van der Waals surface area contributed by atoms with Crippen LogP contribution in [0.5, 0.6) is 0 Å². The molecule has 16 heavy (non-hydrogen) atoms. The highest BCUT2D eigenvalue weighted by Crippen LogP contribution is 1.96. The van der Waals surface area contributed by atoms with Gasteiger partial charge in [0.25, 0.3) is 0 Å². The maximum Gasteiger partial charge on any atom is 0.204 e. The van der Waals surface area contributed by atoms with Gasteiger partial charge < -0.3 is 5.32 Å². The van der Waals surface area contributed by atoms with Crippen molar-refractivity contribution in [3.05, 3.63) is 12.2 Å². The topological polar surface area (TPSA) is 102 Å². The van der Waals surface area contributed by atoms with Gasteiger partial charge in [-0.05, 0) is 12.8 Å². The van der Waals surface area contributed by atoms with Gasteiger partial charge in [0.2, 0.25) is 5.96 Å². The van der Waals surface area contributed by atoms with Crippen LogP contribution in [-0.2, 0) is 6.42 Å². The van der Waals surface area contributed by atoms with E-state index in [1.54, 1.807) is 7.05 Å². The first-order valence-electron chi connectivity index (χ1n) is 5.07. The second kappa shape index (κ2) is 7.23. The van der Waals surface area contributed by atoms with Crippen molar-refractivity contribution in [2.45, 2.75) is 19.3 Å². The predicted octanol–water partition coefficient (Wildman–Crippen LogP) is -0.227. The molecule has 1 aromatic rings. The fraction of sp³-hybridized carbons (Fsp3) is 0.556. The molecule has 3 N–H and O–H groups in total. The number of H-pyrrole nitrogens is 1. The van der Waals surface area contributed by atoms with Crippen molar-refractivity contribution in [2.24, 2.45) is 4.99 Å². The van der Waals surface area contributed by atoms with Gasteiger partial charge >= 0.3 is 0 Å². The van der Waals surface area contributed by atoms with Gasteiger partial charge in [-0.25, -0.2) is 4.98 Å². The average molecular weight is 221 g/mol. The Morgan fingerprint density at radius 1 is 1.62 bits per heavy atom. The Kier molecular flexibility index (Phi) is 5.41. The highest BCUT2D eigenvalue weighted by atomic mass is 15.2. The van der Waals surface area contributed by atoms with Crippen molar-refractivity contribution < 1.29 is 0 Å². The van der Waals surface area contributed by atoms with Crippen LogP contribution in [0.15, 0.2) is 11.3 Å². The van der Waals surface area contributed by atoms with E-state index in [0.717, 1.165) is 31.6 Å². The van der Waals surface area contributed by atoms with Crippen molar-refractivity contribution >= 4 is 5.96 Å². The third kappa shape index (κ3) is 4.41.